The molecule has 2 aromatic heterocycles. The van der Waals surface area contributed by atoms with Crippen molar-refractivity contribution < 1.29 is 25.8 Å². The molecule has 0 amide bonds. The van der Waals surface area contributed by atoms with Gasteiger partial charge in [0.25, 0.3) is 0 Å². The third-order valence-electron chi connectivity index (χ3n) is 13.7. The largest absolute Gasteiger partial charge is 2.00 e. The van der Waals surface area contributed by atoms with Crippen LogP contribution in [0.15, 0.2) is 90.1 Å². The van der Waals surface area contributed by atoms with Crippen LogP contribution >= 0.6 is 0 Å². The number of aliphatic imine (C=N–C) groups is 1. The Morgan fingerprint density at radius 3 is 2.23 bits per heavy atom. The summed E-state index contributed by atoms with van der Waals surface area (Å²) in [5.74, 6) is 1.60. The van der Waals surface area contributed by atoms with Crippen molar-refractivity contribution in [2.24, 2.45) is 4.99 Å². The molecular formula is C55H56N4OPt. The van der Waals surface area contributed by atoms with Gasteiger partial charge in [0.15, 0.2) is 0 Å². The molecule has 4 heterocycles. The third-order valence-corrected chi connectivity index (χ3v) is 13.7. The van der Waals surface area contributed by atoms with Crippen molar-refractivity contribution in [2.45, 2.75) is 124 Å². The molecule has 7 aromatic rings. The van der Waals surface area contributed by atoms with Crippen LogP contribution < -0.4 is 4.90 Å². The molecule has 1 aliphatic carbocycles. The minimum atomic E-state index is -0.325. The Kier molecular flexibility index (Phi) is 9.87. The van der Waals surface area contributed by atoms with Crippen LogP contribution in [0.3, 0.4) is 0 Å². The van der Waals surface area contributed by atoms with Gasteiger partial charge < -0.3 is 14.2 Å². The van der Waals surface area contributed by atoms with E-state index in [1.54, 1.807) is 0 Å². The number of nitrogens with zero attached hydrogens (tertiary/aromatic N) is 4. The van der Waals surface area contributed by atoms with Crippen molar-refractivity contribution in [3.8, 4) is 16.9 Å². The Morgan fingerprint density at radius 2 is 1.49 bits per heavy atom. The van der Waals surface area contributed by atoms with Gasteiger partial charge in [-0.05, 0) is 135 Å². The van der Waals surface area contributed by atoms with E-state index in [1.165, 1.54) is 73.7 Å². The Labute approximate surface area is 376 Å². The number of benzene rings is 5. The number of anilines is 3. The number of hydrogen-bond acceptors (Lipinski definition) is 4. The zero-order valence-corrected chi connectivity index (χ0v) is 39.8. The molecule has 0 unspecified atom stereocenters. The van der Waals surface area contributed by atoms with Crippen molar-refractivity contribution in [2.75, 3.05) is 4.90 Å². The van der Waals surface area contributed by atoms with Gasteiger partial charge in [-0.3, -0.25) is 4.99 Å². The fourth-order valence-corrected chi connectivity index (χ4v) is 10.5. The van der Waals surface area contributed by atoms with Gasteiger partial charge in [0.1, 0.15) is 17.3 Å². The van der Waals surface area contributed by atoms with Crippen molar-refractivity contribution in [3.63, 3.8) is 0 Å². The number of hydrogen-bond donors (Lipinski definition) is 0. The van der Waals surface area contributed by atoms with E-state index in [4.69, 9.17) is 14.7 Å². The van der Waals surface area contributed by atoms with E-state index in [0.29, 0.717) is 5.90 Å². The van der Waals surface area contributed by atoms with E-state index in [0.717, 1.165) is 57.9 Å². The smallest absolute Gasteiger partial charge is 0.512 e. The predicted molar refractivity (Wildman–Crippen MR) is 249 cm³/mol. The molecule has 0 N–H and O–H groups in total. The van der Waals surface area contributed by atoms with Crippen LogP contribution in [0.25, 0.3) is 38.8 Å². The van der Waals surface area contributed by atoms with E-state index in [9.17, 15) is 0 Å². The van der Waals surface area contributed by atoms with E-state index in [1.807, 2.05) is 6.20 Å². The van der Waals surface area contributed by atoms with Gasteiger partial charge in [0.05, 0.1) is 6.04 Å². The minimum Gasteiger partial charge on any atom is -0.512 e. The van der Waals surface area contributed by atoms with E-state index in [2.05, 4.69) is 177 Å². The van der Waals surface area contributed by atoms with Crippen molar-refractivity contribution in [1.29, 1.82) is 0 Å². The van der Waals surface area contributed by atoms with Crippen molar-refractivity contribution >= 4 is 44.8 Å². The summed E-state index contributed by atoms with van der Waals surface area (Å²) in [5, 5.41) is 2.38. The van der Waals surface area contributed by atoms with Gasteiger partial charge in [-0.2, -0.15) is 6.07 Å². The van der Waals surface area contributed by atoms with Crippen LogP contribution in [0, 0.1) is 46.8 Å². The van der Waals surface area contributed by atoms with Gasteiger partial charge in [-0.1, -0.05) is 116 Å². The first-order valence-electron chi connectivity index (χ1n) is 21.8. The van der Waals surface area contributed by atoms with Gasteiger partial charge in [0, 0.05) is 17.4 Å². The average Bonchev–Trinajstić information content (AvgIpc) is 3.71. The Balaban J connectivity index is 0.00000476. The summed E-state index contributed by atoms with van der Waals surface area (Å²) < 4.78 is 9.24. The van der Waals surface area contributed by atoms with Crippen LogP contribution in [0.5, 0.6) is 0 Å². The van der Waals surface area contributed by atoms with Crippen molar-refractivity contribution in [1.82, 2.24) is 9.55 Å². The molecule has 312 valence electrons. The molecule has 1 fully saturated rings. The number of rotatable bonds is 4. The molecular weight excluding hydrogens is 928 g/mol. The van der Waals surface area contributed by atoms with Crippen LogP contribution in [-0.4, -0.2) is 27.1 Å². The standard InChI is InChI=1S/C55H56N4O.Pt/c1-32-15-17-45-41(24-32)42-30-44-48(31-47(42)59(45)50-29-39(19-21-56-50)53(6,7)8)58(46-18-16-33(2)25-43(46)54(44,9)10)40-27-37(51-35(4)22-34(3)23-36(51)5)26-38(28-40)52-57-49-14-12-13-20-55(49,11)60-52;/h15-19,21-27,29-30,49H,12-14,20H2,1-11H3;/q-2;+2/t49-,55+;/m1./s1. The average molecular weight is 984 g/mol. The fraction of sp³-hybridized carbons (Fsp3) is 0.345. The fourth-order valence-electron chi connectivity index (χ4n) is 10.5. The summed E-state index contributed by atoms with van der Waals surface area (Å²) in [6.45, 7) is 24.8. The maximum atomic E-state index is 6.92. The number of ether oxygens (including phenoxy) is 1. The third kappa shape index (κ3) is 6.69. The first-order chi connectivity index (χ1) is 28.5. The first-order valence-corrected chi connectivity index (χ1v) is 21.8. The molecule has 1 saturated carbocycles. The molecule has 5 aromatic carbocycles. The molecule has 0 bridgehead atoms. The Morgan fingerprint density at radius 1 is 0.754 bits per heavy atom. The molecule has 0 saturated heterocycles. The van der Waals surface area contributed by atoms with Crippen molar-refractivity contribution in [3.05, 3.63) is 147 Å². The molecule has 10 rings (SSSR count). The Hall–Kier alpha value is -4.99. The number of aryl methyl sites for hydroxylation is 5. The number of aromatic nitrogens is 2. The summed E-state index contributed by atoms with van der Waals surface area (Å²) in [7, 11) is 0. The van der Waals surface area contributed by atoms with Crippen LogP contribution in [-0.2, 0) is 36.6 Å². The summed E-state index contributed by atoms with van der Waals surface area (Å²) in [4.78, 5) is 12.8. The molecule has 0 spiro atoms. The molecule has 2 atom stereocenters. The molecule has 5 nitrogen and oxygen atoms in total. The monoisotopic (exact) mass is 983 g/mol. The maximum Gasteiger partial charge on any atom is 2.00 e. The van der Waals surface area contributed by atoms with E-state index < -0.39 is 0 Å². The quantitative estimate of drug-likeness (QED) is 0.165. The second-order valence-electron chi connectivity index (χ2n) is 19.8. The summed E-state index contributed by atoms with van der Waals surface area (Å²) >= 11 is 0. The second-order valence-corrected chi connectivity index (χ2v) is 19.8. The van der Waals surface area contributed by atoms with Crippen LogP contribution in [0.2, 0.25) is 0 Å². The molecule has 2 aliphatic heterocycles. The maximum absolute atomic E-state index is 6.92. The SMILES string of the molecule is Cc1cc(C)c(-c2cc(C3=N[C@@H]4CCCC[C@]4(C)O3)[c-]c(N3c4[c-]c5c(cc4C(C)(C)c4cc(C)ccc43)c3cc(C)ccc3n5-c3cc(C(C)(C)C)ccn3)c2)c(C)c1.[Pt+2]. The molecule has 3 aliphatic rings. The Bertz CT molecular complexity index is 2940. The molecule has 0 radical (unpaired) electrons. The van der Waals surface area contributed by atoms with Gasteiger partial charge >= 0.3 is 21.1 Å². The summed E-state index contributed by atoms with van der Waals surface area (Å²) in [6.07, 6.45) is 6.37. The predicted octanol–water partition coefficient (Wildman–Crippen LogP) is 13.9. The van der Waals surface area contributed by atoms with E-state index >= 15 is 0 Å². The zero-order valence-electron chi connectivity index (χ0n) is 37.5. The minimum absolute atomic E-state index is 0. The topological polar surface area (TPSA) is 42.6 Å². The van der Waals surface area contributed by atoms with E-state index in [-0.39, 0.29) is 43.5 Å². The molecule has 6 heteroatoms. The summed E-state index contributed by atoms with van der Waals surface area (Å²) in [5.41, 5.74) is 17.8. The normalized spacial score (nSPS) is 19.2. The zero-order chi connectivity index (χ0) is 42.0. The van der Waals surface area contributed by atoms with Gasteiger partial charge in [0.2, 0.25) is 0 Å². The van der Waals surface area contributed by atoms with Gasteiger partial charge in [-0.25, -0.2) is 4.98 Å². The summed E-state index contributed by atoms with van der Waals surface area (Å²) in [6, 6.07) is 37.9. The number of fused-ring (bicyclic) bond motifs is 6. The van der Waals surface area contributed by atoms with Crippen LogP contribution in [0.1, 0.15) is 117 Å². The second kappa shape index (κ2) is 14.6. The first kappa shape index (κ1) is 41.4. The van der Waals surface area contributed by atoms with Gasteiger partial charge in [-0.15, -0.1) is 35.2 Å². The molecule has 61 heavy (non-hydrogen) atoms. The van der Waals surface area contributed by atoms with Crippen LogP contribution in [0.4, 0.5) is 17.1 Å². The number of pyridine rings is 1.